The summed E-state index contributed by atoms with van der Waals surface area (Å²) in [5.74, 6) is -1.05. The lowest BCUT2D eigenvalue weighted by Crippen LogP contribution is -2.55. The second kappa shape index (κ2) is 18.5. The van der Waals surface area contributed by atoms with Gasteiger partial charge in [-0.15, -0.1) is 0 Å². The summed E-state index contributed by atoms with van der Waals surface area (Å²) >= 11 is 0. The molecule has 0 amide bonds. The van der Waals surface area contributed by atoms with Crippen LogP contribution in [0, 0.1) is 17.2 Å². The van der Waals surface area contributed by atoms with E-state index in [4.69, 9.17) is 24.3 Å². The maximum Gasteiger partial charge on any atom is 0.310 e. The van der Waals surface area contributed by atoms with Crippen molar-refractivity contribution in [3.05, 3.63) is 124 Å². The number of aromatic amines is 1. The quantitative estimate of drug-likeness (QED) is 0.0296. The Morgan fingerprint density at radius 2 is 1.56 bits per heavy atom. The van der Waals surface area contributed by atoms with E-state index in [1.165, 1.54) is 6.33 Å². The lowest BCUT2D eigenvalue weighted by molar-refractivity contribution is -0.194. The van der Waals surface area contributed by atoms with Gasteiger partial charge < -0.3 is 19.7 Å². The fourth-order valence-corrected chi connectivity index (χ4v) is 8.93. The highest BCUT2D eigenvalue weighted by molar-refractivity contribution is 7.44. The van der Waals surface area contributed by atoms with Gasteiger partial charge in [-0.25, -0.2) is 9.65 Å². The minimum atomic E-state index is -1.90. The molecular formula is C42H51N8O6P. The molecule has 6 rings (SSSR count). The van der Waals surface area contributed by atoms with Crippen molar-refractivity contribution in [1.29, 1.82) is 5.26 Å². The maximum atomic E-state index is 13.7. The van der Waals surface area contributed by atoms with Crippen molar-refractivity contribution in [2.75, 3.05) is 12.3 Å². The molecule has 1 saturated heterocycles. The van der Waals surface area contributed by atoms with Crippen molar-refractivity contribution in [3.8, 4) is 6.07 Å². The highest BCUT2D eigenvalue weighted by atomic mass is 31.2. The SMILES string of the molecule is CC(C)C(=O)OC(OP(OCCC#N)N(C(C)C)C(C)C)[C@H]1O[C@@H](n2cnc3c(=O)[nH]c(N)nc32)C[C@@H]1NC(c1ccccc1)(c1ccccc1)c1ccccc1. The van der Waals surface area contributed by atoms with Gasteiger partial charge in [-0.05, 0) is 44.4 Å². The normalized spacial score (nSPS) is 18.4. The molecule has 15 heteroatoms. The molecule has 0 spiro atoms. The Bertz CT molecular complexity index is 2070. The number of carbonyl (C=O) groups is 1. The first kappa shape index (κ1) is 41.6. The van der Waals surface area contributed by atoms with Crippen molar-refractivity contribution in [2.24, 2.45) is 5.92 Å². The van der Waals surface area contributed by atoms with E-state index in [1.807, 2.05) is 82.3 Å². The van der Waals surface area contributed by atoms with Crippen LogP contribution >= 0.6 is 8.53 Å². The molecular weight excluding hydrogens is 743 g/mol. The number of benzene rings is 3. The summed E-state index contributed by atoms with van der Waals surface area (Å²) in [6.45, 7) is 11.8. The molecule has 4 N–H and O–H groups in total. The molecule has 5 aromatic rings. The smallest absolute Gasteiger partial charge is 0.310 e. The number of ether oxygens (including phenoxy) is 2. The van der Waals surface area contributed by atoms with E-state index in [0.29, 0.717) is 6.42 Å². The van der Waals surface area contributed by atoms with Crippen molar-refractivity contribution in [3.63, 3.8) is 0 Å². The number of imidazole rings is 1. The van der Waals surface area contributed by atoms with Crippen molar-refractivity contribution in [1.82, 2.24) is 29.5 Å². The first-order valence-electron chi connectivity index (χ1n) is 19.2. The monoisotopic (exact) mass is 794 g/mol. The Morgan fingerprint density at radius 1 is 1.00 bits per heavy atom. The van der Waals surface area contributed by atoms with Crippen LogP contribution in [0.3, 0.4) is 0 Å². The second-order valence-electron chi connectivity index (χ2n) is 14.8. The highest BCUT2D eigenvalue weighted by Crippen LogP contribution is 2.50. The number of hydrogen-bond donors (Lipinski definition) is 3. The van der Waals surface area contributed by atoms with Gasteiger partial charge in [0.25, 0.3) is 14.1 Å². The van der Waals surface area contributed by atoms with E-state index in [9.17, 15) is 14.9 Å². The van der Waals surface area contributed by atoms with Crippen LogP contribution in [-0.4, -0.2) is 67.3 Å². The van der Waals surface area contributed by atoms with Crippen molar-refractivity contribution < 1.29 is 23.3 Å². The lowest BCUT2D eigenvalue weighted by atomic mass is 9.76. The molecule has 5 atom stereocenters. The van der Waals surface area contributed by atoms with E-state index < -0.39 is 56.2 Å². The molecule has 57 heavy (non-hydrogen) atoms. The molecule has 0 saturated carbocycles. The van der Waals surface area contributed by atoms with E-state index in [0.717, 1.165) is 16.7 Å². The lowest BCUT2D eigenvalue weighted by Gasteiger charge is -2.42. The van der Waals surface area contributed by atoms with Crippen LogP contribution in [0.4, 0.5) is 5.95 Å². The fourth-order valence-electron chi connectivity index (χ4n) is 7.29. The molecule has 0 bridgehead atoms. The van der Waals surface area contributed by atoms with Crippen molar-refractivity contribution in [2.45, 2.75) is 96.7 Å². The zero-order valence-corrected chi connectivity index (χ0v) is 34.0. The van der Waals surface area contributed by atoms with E-state index >= 15 is 0 Å². The van der Waals surface area contributed by atoms with Gasteiger partial charge in [0.15, 0.2) is 11.2 Å². The predicted octanol–water partition coefficient (Wildman–Crippen LogP) is 6.76. The van der Waals surface area contributed by atoms with E-state index in [1.54, 1.807) is 18.4 Å². The number of H-pyrrole nitrogens is 1. The standard InChI is InChI=1S/C42H51N8O6P/c1-27(2)39(52)55-40(56-57(53-24-16-23-43)50(28(3)4)29(5)6)36-33(25-34(54-36)49-26-45-35-37(49)46-41(44)47-38(35)51)48-42(30-17-10-7-11-18-30,31-19-12-8-13-20-31)32-21-14-9-15-22-32/h7-15,17-22,26-29,33-34,36,40,48H,16,24-25H2,1-6H3,(H3,44,46,47,51)/t33-,34+,36-,40?,57?/m0/s1. The summed E-state index contributed by atoms with van der Waals surface area (Å²) in [4.78, 5) is 37.9. The second-order valence-corrected chi connectivity index (χ2v) is 16.2. The zero-order chi connectivity index (χ0) is 40.7. The number of nitrogens with two attached hydrogens (primary N) is 1. The Morgan fingerprint density at radius 3 is 2.07 bits per heavy atom. The third-order valence-electron chi connectivity index (χ3n) is 9.78. The third kappa shape index (κ3) is 9.10. The largest absolute Gasteiger partial charge is 0.432 e. The molecule has 300 valence electrons. The average molecular weight is 795 g/mol. The van der Waals surface area contributed by atoms with Gasteiger partial charge in [-0.1, -0.05) is 105 Å². The molecule has 2 aromatic heterocycles. The first-order chi connectivity index (χ1) is 27.4. The number of nitrogens with one attached hydrogen (secondary N) is 2. The number of fused-ring (bicyclic) bond motifs is 1. The topological polar surface area (TPSA) is 183 Å². The molecule has 0 radical (unpaired) electrons. The predicted molar refractivity (Wildman–Crippen MR) is 218 cm³/mol. The minimum Gasteiger partial charge on any atom is -0.432 e. The summed E-state index contributed by atoms with van der Waals surface area (Å²) in [6.07, 6.45) is -1.09. The maximum absolute atomic E-state index is 13.7. The van der Waals surface area contributed by atoms with Crippen LogP contribution in [0.5, 0.6) is 0 Å². The Hall–Kier alpha value is -5.00. The van der Waals surface area contributed by atoms with Gasteiger partial charge in [0.2, 0.25) is 12.2 Å². The van der Waals surface area contributed by atoms with Gasteiger partial charge >= 0.3 is 5.97 Å². The molecule has 1 aliphatic heterocycles. The van der Waals surface area contributed by atoms with Crippen LogP contribution in [0.2, 0.25) is 0 Å². The summed E-state index contributed by atoms with van der Waals surface area (Å²) in [5, 5.41) is 13.4. The minimum absolute atomic E-state index is 0.0281. The number of nitrogen functional groups attached to an aromatic ring is 1. The van der Waals surface area contributed by atoms with Crippen LogP contribution < -0.4 is 16.6 Å². The van der Waals surface area contributed by atoms with Gasteiger partial charge in [0, 0.05) is 24.5 Å². The van der Waals surface area contributed by atoms with Gasteiger partial charge in [0.1, 0.15) is 12.3 Å². The number of hydrogen-bond acceptors (Lipinski definition) is 12. The summed E-state index contributed by atoms with van der Waals surface area (Å²) in [7, 11) is -1.90. The fraction of sp³-hybridized carbons (Fsp3) is 0.405. The summed E-state index contributed by atoms with van der Waals surface area (Å²) < 4.78 is 30.2. The number of anilines is 1. The Labute approximate surface area is 334 Å². The number of carbonyl (C=O) groups excluding carboxylic acids is 1. The summed E-state index contributed by atoms with van der Waals surface area (Å²) in [5.41, 5.74) is 7.81. The van der Waals surface area contributed by atoms with Crippen molar-refractivity contribution >= 4 is 31.6 Å². The zero-order valence-electron chi connectivity index (χ0n) is 33.1. The molecule has 3 heterocycles. The van der Waals surface area contributed by atoms with Crippen LogP contribution in [0.15, 0.2) is 102 Å². The number of esters is 1. The number of nitrogens with zero attached hydrogens (tertiary/aromatic N) is 5. The molecule has 2 unspecified atom stereocenters. The highest BCUT2D eigenvalue weighted by Gasteiger charge is 2.50. The number of aromatic nitrogens is 4. The van der Waals surface area contributed by atoms with E-state index in [-0.39, 0.29) is 42.2 Å². The Balaban J connectivity index is 1.54. The molecule has 1 aliphatic rings. The summed E-state index contributed by atoms with van der Waals surface area (Å²) in [6, 6.07) is 31.9. The van der Waals surface area contributed by atoms with Crippen LogP contribution in [-0.2, 0) is 28.9 Å². The molecule has 1 fully saturated rings. The molecule has 0 aliphatic carbocycles. The average Bonchev–Trinajstić information content (AvgIpc) is 3.81. The van der Waals surface area contributed by atoms with E-state index in [2.05, 4.69) is 67.4 Å². The van der Waals surface area contributed by atoms with Gasteiger partial charge in [0.05, 0.1) is 36.9 Å². The van der Waals surface area contributed by atoms with Crippen LogP contribution in [0.1, 0.15) is 77.3 Å². The van der Waals surface area contributed by atoms with Gasteiger partial charge in [-0.3, -0.25) is 29.0 Å². The van der Waals surface area contributed by atoms with Gasteiger partial charge in [-0.2, -0.15) is 10.2 Å². The number of rotatable bonds is 17. The third-order valence-corrected chi connectivity index (χ3v) is 11.9. The molecule has 14 nitrogen and oxygen atoms in total. The molecule has 3 aromatic carbocycles. The first-order valence-corrected chi connectivity index (χ1v) is 20.3. The Kier molecular flexibility index (Phi) is 13.5. The number of nitriles is 1. The van der Waals surface area contributed by atoms with Crippen LogP contribution in [0.25, 0.3) is 11.2 Å².